The van der Waals surface area contributed by atoms with Gasteiger partial charge in [0.25, 0.3) is 0 Å². The van der Waals surface area contributed by atoms with Crippen LogP contribution in [-0.2, 0) is 11.2 Å². The average molecular weight is 193 g/mol. The summed E-state index contributed by atoms with van der Waals surface area (Å²) < 4.78 is 12.5. The van der Waals surface area contributed by atoms with Crippen LogP contribution in [0.25, 0.3) is 0 Å². The number of unbranched alkanes of at least 4 members (excludes halogenated alkanes) is 3. The number of hydrogen-bond donors (Lipinski definition) is 0. The molecule has 14 heavy (non-hydrogen) atoms. The maximum absolute atomic E-state index is 12.5. The Bertz CT molecular complexity index is 266. The Morgan fingerprint density at radius 3 is 2.43 bits per heavy atom. The van der Waals surface area contributed by atoms with Crippen molar-refractivity contribution in [2.75, 3.05) is 0 Å². The SMILES string of the molecule is O=[C]CCCCCc1ccc(F)cc1. The number of benzene rings is 1. The van der Waals surface area contributed by atoms with Crippen LogP contribution in [0.2, 0.25) is 0 Å². The molecule has 0 aliphatic carbocycles. The molecule has 0 aliphatic heterocycles. The summed E-state index contributed by atoms with van der Waals surface area (Å²) in [7, 11) is 0. The summed E-state index contributed by atoms with van der Waals surface area (Å²) in [4.78, 5) is 9.91. The molecule has 0 atom stereocenters. The molecule has 0 aromatic heterocycles. The average Bonchev–Trinajstić information content (AvgIpc) is 2.21. The van der Waals surface area contributed by atoms with E-state index in [0.717, 1.165) is 31.2 Å². The Kier molecular flexibility index (Phi) is 4.90. The van der Waals surface area contributed by atoms with Gasteiger partial charge in [0.1, 0.15) is 5.82 Å². The van der Waals surface area contributed by atoms with Crippen LogP contribution in [0.5, 0.6) is 0 Å². The van der Waals surface area contributed by atoms with Crippen LogP contribution in [0, 0.1) is 5.82 Å². The summed E-state index contributed by atoms with van der Waals surface area (Å²) in [6, 6.07) is 6.57. The predicted molar refractivity (Wildman–Crippen MR) is 54.3 cm³/mol. The fourth-order valence-electron chi connectivity index (χ4n) is 1.35. The van der Waals surface area contributed by atoms with E-state index in [4.69, 9.17) is 0 Å². The van der Waals surface area contributed by atoms with E-state index in [1.165, 1.54) is 12.1 Å². The van der Waals surface area contributed by atoms with Gasteiger partial charge < -0.3 is 0 Å². The van der Waals surface area contributed by atoms with Gasteiger partial charge in [-0.3, -0.25) is 4.79 Å². The molecular formula is C12H14FO. The molecule has 0 spiro atoms. The van der Waals surface area contributed by atoms with Crippen molar-refractivity contribution >= 4 is 6.29 Å². The van der Waals surface area contributed by atoms with Gasteiger partial charge in [0.15, 0.2) is 6.29 Å². The van der Waals surface area contributed by atoms with Gasteiger partial charge >= 0.3 is 0 Å². The van der Waals surface area contributed by atoms with Crippen LogP contribution in [-0.4, -0.2) is 6.29 Å². The zero-order valence-corrected chi connectivity index (χ0v) is 8.13. The Morgan fingerprint density at radius 2 is 1.79 bits per heavy atom. The Balaban J connectivity index is 2.18. The summed E-state index contributed by atoms with van der Waals surface area (Å²) in [5.41, 5.74) is 1.15. The third kappa shape index (κ3) is 4.17. The molecule has 0 N–H and O–H groups in total. The third-order valence-corrected chi connectivity index (χ3v) is 2.16. The van der Waals surface area contributed by atoms with Crippen molar-refractivity contribution < 1.29 is 9.18 Å². The van der Waals surface area contributed by atoms with Crippen LogP contribution in [0.15, 0.2) is 24.3 Å². The van der Waals surface area contributed by atoms with Crippen LogP contribution in [0.3, 0.4) is 0 Å². The second-order valence-electron chi connectivity index (χ2n) is 3.33. The zero-order valence-electron chi connectivity index (χ0n) is 8.13. The highest BCUT2D eigenvalue weighted by Gasteiger charge is 1.94. The number of hydrogen-bond acceptors (Lipinski definition) is 1. The maximum atomic E-state index is 12.5. The molecule has 1 aromatic carbocycles. The van der Waals surface area contributed by atoms with Crippen molar-refractivity contribution in [3.8, 4) is 0 Å². The normalized spacial score (nSPS) is 10.1. The van der Waals surface area contributed by atoms with E-state index in [-0.39, 0.29) is 5.82 Å². The number of rotatable bonds is 6. The van der Waals surface area contributed by atoms with Crippen molar-refractivity contribution in [1.29, 1.82) is 0 Å². The molecule has 0 bridgehead atoms. The van der Waals surface area contributed by atoms with Crippen LogP contribution in [0.4, 0.5) is 4.39 Å². The van der Waals surface area contributed by atoms with Crippen LogP contribution < -0.4 is 0 Å². The van der Waals surface area contributed by atoms with E-state index in [2.05, 4.69) is 0 Å². The van der Waals surface area contributed by atoms with E-state index in [0.29, 0.717) is 6.42 Å². The van der Waals surface area contributed by atoms with Gasteiger partial charge in [-0.05, 0) is 37.0 Å². The van der Waals surface area contributed by atoms with Crippen molar-refractivity contribution in [2.45, 2.75) is 32.1 Å². The van der Waals surface area contributed by atoms with Gasteiger partial charge in [-0.1, -0.05) is 18.6 Å². The van der Waals surface area contributed by atoms with E-state index in [1.54, 1.807) is 12.1 Å². The predicted octanol–water partition coefficient (Wildman–Crippen LogP) is 3.04. The molecule has 1 nitrogen and oxygen atoms in total. The largest absolute Gasteiger partial charge is 0.291 e. The summed E-state index contributed by atoms with van der Waals surface area (Å²) in [6.45, 7) is 0. The zero-order chi connectivity index (χ0) is 10.2. The molecule has 0 fully saturated rings. The number of halogens is 1. The molecule has 0 aliphatic rings. The fourth-order valence-corrected chi connectivity index (χ4v) is 1.35. The lowest BCUT2D eigenvalue weighted by Crippen LogP contribution is -1.86. The first-order valence-corrected chi connectivity index (χ1v) is 4.92. The minimum absolute atomic E-state index is 0.190. The van der Waals surface area contributed by atoms with E-state index in [9.17, 15) is 9.18 Å². The quantitative estimate of drug-likeness (QED) is 0.634. The van der Waals surface area contributed by atoms with Crippen molar-refractivity contribution in [2.24, 2.45) is 0 Å². The second kappa shape index (κ2) is 6.30. The van der Waals surface area contributed by atoms with Gasteiger partial charge in [0, 0.05) is 6.42 Å². The lowest BCUT2D eigenvalue weighted by molar-refractivity contribution is 0.545. The summed E-state index contributed by atoms with van der Waals surface area (Å²) in [5.74, 6) is -0.190. The third-order valence-electron chi connectivity index (χ3n) is 2.16. The molecule has 1 rings (SSSR count). The number of aryl methyl sites for hydroxylation is 1. The summed E-state index contributed by atoms with van der Waals surface area (Å²) in [6.07, 6.45) is 6.35. The molecule has 0 amide bonds. The van der Waals surface area contributed by atoms with Crippen LogP contribution >= 0.6 is 0 Å². The first-order chi connectivity index (χ1) is 6.83. The lowest BCUT2D eigenvalue weighted by Gasteiger charge is -2.00. The highest BCUT2D eigenvalue weighted by Crippen LogP contribution is 2.08. The monoisotopic (exact) mass is 193 g/mol. The minimum atomic E-state index is -0.190. The van der Waals surface area contributed by atoms with Crippen molar-refractivity contribution in [1.82, 2.24) is 0 Å². The topological polar surface area (TPSA) is 17.1 Å². The van der Waals surface area contributed by atoms with Crippen LogP contribution in [0.1, 0.15) is 31.2 Å². The van der Waals surface area contributed by atoms with Gasteiger partial charge in [-0.15, -0.1) is 0 Å². The molecule has 1 aromatic rings. The standard InChI is InChI=1S/C12H14FO/c13-12-8-6-11(7-9-12)5-3-1-2-4-10-14/h6-9H,1-5H2. The minimum Gasteiger partial charge on any atom is -0.291 e. The molecule has 2 heteroatoms. The second-order valence-corrected chi connectivity index (χ2v) is 3.33. The van der Waals surface area contributed by atoms with E-state index >= 15 is 0 Å². The van der Waals surface area contributed by atoms with Gasteiger partial charge in [-0.2, -0.15) is 0 Å². The highest BCUT2D eigenvalue weighted by atomic mass is 19.1. The first kappa shape index (κ1) is 10.9. The molecule has 0 heterocycles. The van der Waals surface area contributed by atoms with Gasteiger partial charge in [-0.25, -0.2) is 4.39 Å². The summed E-state index contributed by atoms with van der Waals surface area (Å²) >= 11 is 0. The molecule has 0 saturated heterocycles. The first-order valence-electron chi connectivity index (χ1n) is 4.92. The van der Waals surface area contributed by atoms with Crippen molar-refractivity contribution in [3.05, 3.63) is 35.6 Å². The molecule has 75 valence electrons. The summed E-state index contributed by atoms with van der Waals surface area (Å²) in [5, 5.41) is 0. The highest BCUT2D eigenvalue weighted by molar-refractivity contribution is 5.50. The van der Waals surface area contributed by atoms with E-state index in [1.807, 2.05) is 6.29 Å². The smallest absolute Gasteiger partial charge is 0.198 e. The Hall–Kier alpha value is -1.18. The lowest BCUT2D eigenvalue weighted by atomic mass is 10.1. The van der Waals surface area contributed by atoms with E-state index < -0.39 is 0 Å². The molecule has 0 unspecified atom stereocenters. The molecular weight excluding hydrogens is 179 g/mol. The molecule has 1 radical (unpaired) electrons. The van der Waals surface area contributed by atoms with Crippen molar-refractivity contribution in [3.63, 3.8) is 0 Å². The fraction of sp³-hybridized carbons (Fsp3) is 0.417. The van der Waals surface area contributed by atoms with Gasteiger partial charge in [0.05, 0.1) is 0 Å². The Morgan fingerprint density at radius 1 is 1.07 bits per heavy atom. The molecule has 0 saturated carbocycles. The number of carbonyl (C=O) groups excluding carboxylic acids is 1. The van der Waals surface area contributed by atoms with Gasteiger partial charge in [0.2, 0.25) is 0 Å². The maximum Gasteiger partial charge on any atom is 0.198 e. The Labute approximate surface area is 83.9 Å².